The van der Waals surface area contributed by atoms with Crippen molar-refractivity contribution in [1.29, 1.82) is 0 Å². The van der Waals surface area contributed by atoms with E-state index in [1.807, 2.05) is 0 Å². The first-order valence-corrected chi connectivity index (χ1v) is 24.0. The van der Waals surface area contributed by atoms with E-state index in [0.29, 0.717) is 12.8 Å². The summed E-state index contributed by atoms with van der Waals surface area (Å²) in [5.74, 6) is -0.915. The van der Waals surface area contributed by atoms with Gasteiger partial charge in [-0.15, -0.1) is 0 Å². The van der Waals surface area contributed by atoms with Gasteiger partial charge in [0.15, 0.2) is 6.10 Å². The summed E-state index contributed by atoms with van der Waals surface area (Å²) in [6, 6.07) is 0. The molecule has 0 saturated carbocycles. The highest BCUT2D eigenvalue weighted by atomic mass is 31.2. The molecule has 0 saturated heterocycles. The lowest BCUT2D eigenvalue weighted by Gasteiger charge is -2.20. The van der Waals surface area contributed by atoms with Crippen LogP contribution in [-0.4, -0.2) is 65.7 Å². The fourth-order valence-corrected chi connectivity index (χ4v) is 7.31. The third kappa shape index (κ3) is 39.2. The fraction of sp³-hybridized carbons (Fsp3) is 0.953. The van der Waals surface area contributed by atoms with Crippen molar-refractivity contribution in [1.82, 2.24) is 0 Å². The minimum atomic E-state index is -4.60. The summed E-state index contributed by atoms with van der Waals surface area (Å²) in [7, 11) is -4.60. The Morgan fingerprint density at radius 3 is 1.15 bits per heavy atom. The molecule has 0 aliphatic rings. The van der Waals surface area contributed by atoms with Gasteiger partial charge in [-0.25, -0.2) is 4.57 Å². The molecular formula is C43H85O10P. The predicted octanol–water partition coefficient (Wildman–Crippen LogP) is 11.8. The molecule has 54 heavy (non-hydrogen) atoms. The van der Waals surface area contributed by atoms with Crippen LogP contribution in [0, 0.1) is 0 Å². The molecule has 0 spiro atoms. The number of esters is 2. The zero-order chi connectivity index (χ0) is 39.8. The van der Waals surface area contributed by atoms with E-state index in [9.17, 15) is 24.2 Å². The first kappa shape index (κ1) is 53.0. The number of carbonyl (C=O) groups is 2. The maximum atomic E-state index is 12.6. The van der Waals surface area contributed by atoms with E-state index in [0.717, 1.165) is 38.5 Å². The van der Waals surface area contributed by atoms with Gasteiger partial charge < -0.3 is 24.6 Å². The van der Waals surface area contributed by atoms with Gasteiger partial charge in [0, 0.05) is 12.8 Å². The Morgan fingerprint density at radius 2 is 0.796 bits per heavy atom. The van der Waals surface area contributed by atoms with Crippen molar-refractivity contribution in [3.8, 4) is 0 Å². The van der Waals surface area contributed by atoms with Crippen LogP contribution < -0.4 is 0 Å². The van der Waals surface area contributed by atoms with Gasteiger partial charge in [-0.3, -0.25) is 18.6 Å². The first-order chi connectivity index (χ1) is 26.2. The molecule has 0 aliphatic carbocycles. The zero-order valence-corrected chi connectivity index (χ0v) is 35.9. The van der Waals surface area contributed by atoms with Crippen LogP contribution in [-0.2, 0) is 32.7 Å². The number of aliphatic hydroxyl groups is 2. The van der Waals surface area contributed by atoms with E-state index < -0.39 is 51.8 Å². The topological polar surface area (TPSA) is 149 Å². The molecule has 10 nitrogen and oxygen atoms in total. The molecule has 0 aromatic heterocycles. The number of aliphatic hydroxyl groups excluding tert-OH is 2. The Balaban J connectivity index is 4.05. The van der Waals surface area contributed by atoms with E-state index >= 15 is 0 Å². The molecule has 0 rings (SSSR count). The number of phosphoric acid groups is 1. The molecule has 0 amide bonds. The maximum absolute atomic E-state index is 12.6. The lowest BCUT2D eigenvalue weighted by atomic mass is 10.0. The molecule has 3 atom stereocenters. The Labute approximate surface area is 331 Å². The Hall–Kier alpha value is -1.03. The monoisotopic (exact) mass is 793 g/mol. The van der Waals surface area contributed by atoms with Gasteiger partial charge in [-0.2, -0.15) is 0 Å². The molecule has 0 bridgehead atoms. The highest BCUT2D eigenvalue weighted by Crippen LogP contribution is 2.43. The van der Waals surface area contributed by atoms with Crippen molar-refractivity contribution < 1.29 is 47.8 Å². The summed E-state index contributed by atoms with van der Waals surface area (Å²) in [6.07, 6.45) is 36.7. The van der Waals surface area contributed by atoms with Crippen LogP contribution in [0.2, 0.25) is 0 Å². The minimum Gasteiger partial charge on any atom is -0.462 e. The van der Waals surface area contributed by atoms with Gasteiger partial charge in [-0.1, -0.05) is 200 Å². The van der Waals surface area contributed by atoms with Crippen molar-refractivity contribution in [2.45, 2.75) is 238 Å². The zero-order valence-electron chi connectivity index (χ0n) is 35.0. The lowest BCUT2D eigenvalue weighted by Crippen LogP contribution is -2.29. The molecule has 0 aliphatic heterocycles. The van der Waals surface area contributed by atoms with Crippen LogP contribution in [0.4, 0.5) is 0 Å². The lowest BCUT2D eigenvalue weighted by molar-refractivity contribution is -0.161. The van der Waals surface area contributed by atoms with Crippen molar-refractivity contribution in [2.75, 3.05) is 26.4 Å². The minimum absolute atomic E-state index is 0.192. The van der Waals surface area contributed by atoms with E-state index in [4.69, 9.17) is 19.1 Å². The van der Waals surface area contributed by atoms with E-state index in [1.54, 1.807) is 0 Å². The number of hydrogen-bond donors (Lipinski definition) is 3. The summed E-state index contributed by atoms with van der Waals surface area (Å²) in [6.45, 7) is 2.38. The van der Waals surface area contributed by atoms with E-state index in [-0.39, 0.29) is 19.4 Å². The Kier molecular flexibility index (Phi) is 39.4. The van der Waals surface area contributed by atoms with Crippen LogP contribution in [0.1, 0.15) is 226 Å². The number of ether oxygens (including phenoxy) is 2. The number of rotatable bonds is 43. The third-order valence-electron chi connectivity index (χ3n) is 10.0. The van der Waals surface area contributed by atoms with Crippen molar-refractivity contribution >= 4 is 19.8 Å². The SMILES string of the molecule is CCCCCCCCCCCCCCCCCCCCCCCCCC(=O)OC(COC(=O)CCCCCCCCCC)COP(=O)(O)OCC(O)CO. The normalized spacial score (nSPS) is 13.8. The van der Waals surface area contributed by atoms with Gasteiger partial charge in [-0.05, 0) is 12.8 Å². The molecule has 0 heterocycles. The summed E-state index contributed by atoms with van der Waals surface area (Å²) >= 11 is 0. The Morgan fingerprint density at radius 1 is 0.481 bits per heavy atom. The molecular weight excluding hydrogens is 707 g/mol. The molecule has 0 radical (unpaired) electrons. The second kappa shape index (κ2) is 40.2. The van der Waals surface area contributed by atoms with Crippen molar-refractivity contribution in [2.24, 2.45) is 0 Å². The molecule has 322 valence electrons. The molecule has 11 heteroatoms. The smallest absolute Gasteiger partial charge is 0.462 e. The summed E-state index contributed by atoms with van der Waals surface area (Å²) in [4.78, 5) is 34.8. The standard InChI is InChI=1S/C43H85O10P/c1-3-5-7-9-11-13-14-15-16-17-18-19-20-21-22-23-24-25-26-27-29-31-33-35-43(47)53-41(39-52-54(48,49)51-37-40(45)36-44)38-50-42(46)34-32-30-28-12-10-8-6-4-2/h40-41,44-45H,3-39H2,1-2H3,(H,48,49). The molecule has 0 aromatic carbocycles. The summed E-state index contributed by atoms with van der Waals surface area (Å²) < 4.78 is 32.6. The van der Waals surface area contributed by atoms with Gasteiger partial charge in [0.2, 0.25) is 0 Å². The first-order valence-electron chi connectivity index (χ1n) is 22.5. The second-order valence-corrected chi connectivity index (χ2v) is 16.9. The number of unbranched alkanes of at least 4 members (excludes halogenated alkanes) is 29. The Bertz CT molecular complexity index is 873. The van der Waals surface area contributed by atoms with Crippen molar-refractivity contribution in [3.05, 3.63) is 0 Å². The molecule has 0 aromatic rings. The quantitative estimate of drug-likeness (QED) is 0.0309. The summed E-state index contributed by atoms with van der Waals surface area (Å²) in [5.41, 5.74) is 0. The molecule has 3 unspecified atom stereocenters. The largest absolute Gasteiger partial charge is 0.472 e. The van der Waals surface area contributed by atoms with Gasteiger partial charge in [0.1, 0.15) is 12.7 Å². The molecule has 3 N–H and O–H groups in total. The highest BCUT2D eigenvalue weighted by Gasteiger charge is 2.27. The average molecular weight is 793 g/mol. The highest BCUT2D eigenvalue weighted by molar-refractivity contribution is 7.47. The average Bonchev–Trinajstić information content (AvgIpc) is 3.16. The van der Waals surface area contributed by atoms with Gasteiger partial charge in [0.25, 0.3) is 0 Å². The van der Waals surface area contributed by atoms with Crippen molar-refractivity contribution in [3.63, 3.8) is 0 Å². The maximum Gasteiger partial charge on any atom is 0.472 e. The summed E-state index contributed by atoms with van der Waals surface area (Å²) in [5, 5.41) is 18.3. The van der Waals surface area contributed by atoms with E-state index in [1.165, 1.54) is 148 Å². The van der Waals surface area contributed by atoms with Crippen LogP contribution in [0.3, 0.4) is 0 Å². The van der Waals surface area contributed by atoms with E-state index in [2.05, 4.69) is 18.4 Å². The van der Waals surface area contributed by atoms with Gasteiger partial charge >= 0.3 is 19.8 Å². The van der Waals surface area contributed by atoms with Crippen LogP contribution in [0.15, 0.2) is 0 Å². The van der Waals surface area contributed by atoms with Crippen LogP contribution in [0.5, 0.6) is 0 Å². The molecule has 0 fully saturated rings. The second-order valence-electron chi connectivity index (χ2n) is 15.4. The van der Waals surface area contributed by atoms with Crippen LogP contribution in [0.25, 0.3) is 0 Å². The van der Waals surface area contributed by atoms with Gasteiger partial charge in [0.05, 0.1) is 19.8 Å². The number of phosphoric ester groups is 1. The number of carbonyl (C=O) groups excluding carboxylic acids is 2. The fourth-order valence-electron chi connectivity index (χ4n) is 6.52. The number of hydrogen-bond acceptors (Lipinski definition) is 9. The predicted molar refractivity (Wildman–Crippen MR) is 219 cm³/mol. The third-order valence-corrected chi connectivity index (χ3v) is 11.0. The van der Waals surface area contributed by atoms with Crippen LogP contribution >= 0.6 is 7.82 Å².